The van der Waals surface area contributed by atoms with Crippen LogP contribution in [0.15, 0.2) is 53.6 Å². The molecule has 0 aliphatic carbocycles. The molecule has 1 N–H and O–H groups in total. The number of nitrogens with zero attached hydrogens (tertiary/aromatic N) is 3. The Labute approximate surface area is 196 Å². The van der Waals surface area contributed by atoms with Crippen LogP contribution < -0.4 is 10.2 Å². The molecule has 1 aromatic heterocycles. The number of amides is 1. The molecule has 4 rings (SSSR count). The Balaban J connectivity index is 1.31. The number of anilines is 1. The molecule has 2 aliphatic heterocycles. The standard InChI is InChI=1S/C25H32N4O3S/c30-25(27-20-22-13-14-26-24(19-22)28-15-5-6-16-28)12-9-21-7-10-23(11-8-21)33(31,32)29-17-3-1-2-4-18-29/h7-14,19H,1-6,15-18,20H2,(H,27,30)/b12-9+. The Morgan fingerprint density at radius 2 is 1.61 bits per heavy atom. The third-order valence-electron chi connectivity index (χ3n) is 6.22. The quantitative estimate of drug-likeness (QED) is 0.628. The largest absolute Gasteiger partial charge is 0.357 e. The molecule has 0 saturated carbocycles. The number of nitrogens with one attached hydrogen (secondary N) is 1. The maximum atomic E-state index is 12.9. The molecule has 2 fully saturated rings. The zero-order valence-corrected chi connectivity index (χ0v) is 19.8. The van der Waals surface area contributed by atoms with Crippen molar-refractivity contribution in [3.05, 3.63) is 59.8 Å². The summed E-state index contributed by atoms with van der Waals surface area (Å²) in [4.78, 5) is 19.3. The van der Waals surface area contributed by atoms with Crippen molar-refractivity contribution in [2.75, 3.05) is 31.1 Å². The molecule has 2 aliphatic rings. The van der Waals surface area contributed by atoms with Crippen molar-refractivity contribution >= 4 is 27.8 Å². The molecule has 33 heavy (non-hydrogen) atoms. The smallest absolute Gasteiger partial charge is 0.244 e. The lowest BCUT2D eigenvalue weighted by Crippen LogP contribution is -2.31. The zero-order valence-electron chi connectivity index (χ0n) is 18.9. The van der Waals surface area contributed by atoms with Crippen LogP contribution in [0.2, 0.25) is 0 Å². The Bertz CT molecular complexity index is 1070. The van der Waals surface area contributed by atoms with Gasteiger partial charge in [0.05, 0.1) is 4.90 Å². The number of carbonyl (C=O) groups is 1. The van der Waals surface area contributed by atoms with Crippen LogP contribution in [0.5, 0.6) is 0 Å². The van der Waals surface area contributed by atoms with E-state index < -0.39 is 10.0 Å². The second-order valence-electron chi connectivity index (χ2n) is 8.65. The predicted octanol–water partition coefficient (Wildman–Crippen LogP) is 3.58. The van der Waals surface area contributed by atoms with Gasteiger partial charge in [-0.2, -0.15) is 4.31 Å². The number of pyridine rings is 1. The molecule has 0 unspecified atom stereocenters. The van der Waals surface area contributed by atoms with Gasteiger partial charge in [0.1, 0.15) is 5.82 Å². The fourth-order valence-electron chi connectivity index (χ4n) is 4.29. The number of carbonyl (C=O) groups excluding carboxylic acids is 1. The molecule has 8 heteroatoms. The van der Waals surface area contributed by atoms with Gasteiger partial charge in [-0.25, -0.2) is 13.4 Å². The van der Waals surface area contributed by atoms with E-state index >= 15 is 0 Å². The molecule has 3 heterocycles. The average Bonchev–Trinajstić information content (AvgIpc) is 3.23. The van der Waals surface area contributed by atoms with E-state index in [9.17, 15) is 13.2 Å². The molecule has 7 nitrogen and oxygen atoms in total. The summed E-state index contributed by atoms with van der Waals surface area (Å²) in [6, 6.07) is 10.6. The minimum atomic E-state index is -3.46. The third-order valence-corrected chi connectivity index (χ3v) is 8.13. The highest BCUT2D eigenvalue weighted by Gasteiger charge is 2.24. The van der Waals surface area contributed by atoms with Gasteiger partial charge in [-0.1, -0.05) is 25.0 Å². The Morgan fingerprint density at radius 1 is 0.939 bits per heavy atom. The molecule has 2 aromatic rings. The van der Waals surface area contributed by atoms with Gasteiger partial charge < -0.3 is 10.2 Å². The van der Waals surface area contributed by atoms with Crippen LogP contribution in [0.1, 0.15) is 49.7 Å². The summed E-state index contributed by atoms with van der Waals surface area (Å²) < 4.78 is 27.4. The van der Waals surface area contributed by atoms with Crippen molar-refractivity contribution < 1.29 is 13.2 Å². The second-order valence-corrected chi connectivity index (χ2v) is 10.6. The van der Waals surface area contributed by atoms with Crippen LogP contribution in [-0.2, 0) is 21.4 Å². The Kier molecular flexibility index (Phi) is 7.77. The SMILES string of the molecule is O=C(/C=C/c1ccc(S(=O)(=O)N2CCCCCC2)cc1)NCc1ccnc(N2CCCC2)c1. The molecule has 1 amide bonds. The first kappa shape index (κ1) is 23.4. The monoisotopic (exact) mass is 468 g/mol. The van der Waals surface area contributed by atoms with Crippen LogP contribution in [-0.4, -0.2) is 49.8 Å². The number of benzene rings is 1. The minimum Gasteiger partial charge on any atom is -0.357 e. The topological polar surface area (TPSA) is 82.6 Å². The van der Waals surface area contributed by atoms with Gasteiger partial charge in [0, 0.05) is 45.0 Å². The van der Waals surface area contributed by atoms with Crippen molar-refractivity contribution in [2.24, 2.45) is 0 Å². The van der Waals surface area contributed by atoms with Crippen molar-refractivity contribution in [2.45, 2.75) is 50.0 Å². The highest BCUT2D eigenvalue weighted by atomic mass is 32.2. The second kappa shape index (κ2) is 10.9. The van der Waals surface area contributed by atoms with E-state index in [1.165, 1.54) is 18.9 Å². The number of sulfonamides is 1. The average molecular weight is 469 g/mol. The van der Waals surface area contributed by atoms with Gasteiger partial charge in [0.25, 0.3) is 0 Å². The maximum Gasteiger partial charge on any atom is 0.244 e. The first-order valence-electron chi connectivity index (χ1n) is 11.8. The van der Waals surface area contributed by atoms with Gasteiger partial charge in [-0.05, 0) is 67.2 Å². The predicted molar refractivity (Wildman–Crippen MR) is 130 cm³/mol. The van der Waals surface area contributed by atoms with E-state index in [2.05, 4.69) is 15.2 Å². The Hall–Kier alpha value is -2.71. The number of rotatable bonds is 7. The van der Waals surface area contributed by atoms with Crippen LogP contribution >= 0.6 is 0 Å². The summed E-state index contributed by atoms with van der Waals surface area (Å²) in [6.45, 7) is 3.66. The van der Waals surface area contributed by atoms with E-state index in [4.69, 9.17) is 0 Å². The molecule has 0 radical (unpaired) electrons. The first-order chi connectivity index (χ1) is 16.0. The molecule has 2 saturated heterocycles. The van der Waals surface area contributed by atoms with Crippen molar-refractivity contribution in [3.8, 4) is 0 Å². The highest BCUT2D eigenvalue weighted by molar-refractivity contribution is 7.89. The fraction of sp³-hybridized carbons (Fsp3) is 0.440. The highest BCUT2D eigenvalue weighted by Crippen LogP contribution is 2.21. The maximum absolute atomic E-state index is 12.9. The normalized spacial score (nSPS) is 17.9. The molecule has 0 bridgehead atoms. The third kappa shape index (κ3) is 6.21. The van der Waals surface area contributed by atoms with E-state index in [0.717, 1.165) is 55.7 Å². The van der Waals surface area contributed by atoms with Crippen LogP contribution in [0.25, 0.3) is 6.08 Å². The van der Waals surface area contributed by atoms with Crippen LogP contribution in [0, 0.1) is 0 Å². The molecular weight excluding hydrogens is 436 g/mol. The van der Waals surface area contributed by atoms with E-state index in [1.54, 1.807) is 40.8 Å². The van der Waals surface area contributed by atoms with Gasteiger partial charge in [0.15, 0.2) is 0 Å². The number of hydrogen-bond acceptors (Lipinski definition) is 5. The van der Waals surface area contributed by atoms with Crippen molar-refractivity contribution in [1.29, 1.82) is 0 Å². The molecule has 0 spiro atoms. The van der Waals surface area contributed by atoms with Crippen molar-refractivity contribution in [3.63, 3.8) is 0 Å². The van der Waals surface area contributed by atoms with E-state index in [-0.39, 0.29) is 5.91 Å². The summed E-state index contributed by atoms with van der Waals surface area (Å²) >= 11 is 0. The number of aromatic nitrogens is 1. The fourth-order valence-corrected chi connectivity index (χ4v) is 5.81. The summed E-state index contributed by atoms with van der Waals surface area (Å²) in [5.74, 6) is 0.765. The van der Waals surface area contributed by atoms with Crippen molar-refractivity contribution in [1.82, 2.24) is 14.6 Å². The summed E-state index contributed by atoms with van der Waals surface area (Å²) in [7, 11) is -3.46. The molecule has 176 valence electrons. The lowest BCUT2D eigenvalue weighted by molar-refractivity contribution is -0.116. The van der Waals surface area contributed by atoms with Gasteiger partial charge in [0.2, 0.25) is 15.9 Å². The summed E-state index contributed by atoms with van der Waals surface area (Å²) in [5, 5.41) is 2.90. The van der Waals surface area contributed by atoms with E-state index in [1.807, 2.05) is 12.1 Å². The summed E-state index contributed by atoms with van der Waals surface area (Å²) in [6.07, 6.45) is 11.3. The molecular formula is C25H32N4O3S. The number of hydrogen-bond donors (Lipinski definition) is 1. The lowest BCUT2D eigenvalue weighted by atomic mass is 10.2. The Morgan fingerprint density at radius 3 is 2.30 bits per heavy atom. The summed E-state index contributed by atoms with van der Waals surface area (Å²) in [5.41, 5.74) is 1.79. The van der Waals surface area contributed by atoms with Crippen LogP contribution in [0.3, 0.4) is 0 Å². The van der Waals surface area contributed by atoms with E-state index in [0.29, 0.717) is 24.5 Å². The van der Waals surface area contributed by atoms with Crippen LogP contribution in [0.4, 0.5) is 5.82 Å². The van der Waals surface area contributed by atoms with Gasteiger partial charge in [-0.15, -0.1) is 0 Å². The molecule has 1 aromatic carbocycles. The van der Waals surface area contributed by atoms with Gasteiger partial charge >= 0.3 is 0 Å². The lowest BCUT2D eigenvalue weighted by Gasteiger charge is -2.19. The first-order valence-corrected chi connectivity index (χ1v) is 13.2. The molecule has 0 atom stereocenters. The van der Waals surface area contributed by atoms with Gasteiger partial charge in [-0.3, -0.25) is 4.79 Å². The minimum absolute atomic E-state index is 0.198. The zero-order chi connectivity index (χ0) is 23.1.